The molecule has 0 spiro atoms. The summed E-state index contributed by atoms with van der Waals surface area (Å²) in [6.07, 6.45) is 1.93. The molecule has 0 saturated heterocycles. The molecule has 0 amide bonds. The van der Waals surface area contributed by atoms with Crippen LogP contribution in [-0.2, 0) is 6.54 Å². The molecular weight excluding hydrogens is 316 g/mol. The summed E-state index contributed by atoms with van der Waals surface area (Å²) in [6, 6.07) is 15.8. The molecule has 2 N–H and O–H groups in total. The Labute approximate surface area is 125 Å². The Morgan fingerprint density at radius 3 is 2.65 bits per heavy atom. The third kappa shape index (κ3) is 2.88. The third-order valence-corrected chi connectivity index (χ3v) is 3.51. The molecule has 0 unspecified atom stereocenters. The van der Waals surface area contributed by atoms with E-state index in [9.17, 15) is 0 Å². The molecule has 0 radical (unpaired) electrons. The summed E-state index contributed by atoms with van der Waals surface area (Å²) in [5.74, 6) is 0. The number of aromatic nitrogens is 3. The summed E-state index contributed by atoms with van der Waals surface area (Å²) >= 11 is 3.43. The number of halogens is 1. The molecule has 0 fully saturated rings. The molecule has 5 heteroatoms. The highest BCUT2D eigenvalue weighted by molar-refractivity contribution is 9.10. The Morgan fingerprint density at radius 1 is 1.10 bits per heavy atom. The number of nitrogens with zero attached hydrogens (tertiary/aromatic N) is 3. The Kier molecular flexibility index (Phi) is 3.52. The van der Waals surface area contributed by atoms with Gasteiger partial charge in [-0.3, -0.25) is 0 Å². The van der Waals surface area contributed by atoms with Crippen LogP contribution >= 0.6 is 15.9 Å². The number of rotatable bonds is 3. The lowest BCUT2D eigenvalue weighted by molar-refractivity contribution is 0.650. The molecule has 2 aromatic carbocycles. The average Bonchev–Trinajstić information content (AvgIpc) is 2.90. The van der Waals surface area contributed by atoms with Crippen LogP contribution in [0.2, 0.25) is 0 Å². The van der Waals surface area contributed by atoms with Gasteiger partial charge in [-0.1, -0.05) is 45.4 Å². The van der Waals surface area contributed by atoms with E-state index in [-0.39, 0.29) is 0 Å². The van der Waals surface area contributed by atoms with Gasteiger partial charge >= 0.3 is 0 Å². The summed E-state index contributed by atoms with van der Waals surface area (Å²) in [6.45, 7) is 0.697. The van der Waals surface area contributed by atoms with Crippen LogP contribution in [0.25, 0.3) is 11.3 Å². The normalized spacial score (nSPS) is 10.7. The fraction of sp³-hybridized carbons (Fsp3) is 0.0667. The van der Waals surface area contributed by atoms with Gasteiger partial charge in [0.25, 0.3) is 0 Å². The monoisotopic (exact) mass is 328 g/mol. The van der Waals surface area contributed by atoms with E-state index in [0.29, 0.717) is 6.54 Å². The largest absolute Gasteiger partial charge is 0.399 e. The molecular formula is C15H13BrN4. The van der Waals surface area contributed by atoms with Gasteiger partial charge in [-0.15, -0.1) is 5.10 Å². The second kappa shape index (κ2) is 5.46. The zero-order valence-corrected chi connectivity index (χ0v) is 12.3. The van der Waals surface area contributed by atoms with Crippen molar-refractivity contribution >= 4 is 21.6 Å². The maximum atomic E-state index is 5.78. The smallest absolute Gasteiger partial charge is 0.113 e. The molecule has 0 aliphatic carbocycles. The number of nitrogens with two attached hydrogens (primary N) is 1. The van der Waals surface area contributed by atoms with Crippen molar-refractivity contribution in [2.24, 2.45) is 0 Å². The van der Waals surface area contributed by atoms with Crippen molar-refractivity contribution in [3.05, 3.63) is 64.8 Å². The summed E-state index contributed by atoms with van der Waals surface area (Å²) < 4.78 is 2.89. The van der Waals surface area contributed by atoms with Gasteiger partial charge in [-0.25, -0.2) is 4.68 Å². The lowest BCUT2D eigenvalue weighted by Gasteiger charge is -2.00. The zero-order chi connectivity index (χ0) is 13.9. The molecule has 3 rings (SSSR count). The molecule has 1 heterocycles. The Hall–Kier alpha value is -2.14. The van der Waals surface area contributed by atoms with Gasteiger partial charge < -0.3 is 5.73 Å². The van der Waals surface area contributed by atoms with Gasteiger partial charge in [-0.2, -0.15) is 0 Å². The van der Waals surface area contributed by atoms with Gasteiger partial charge in [0.15, 0.2) is 0 Å². The van der Waals surface area contributed by atoms with Crippen LogP contribution in [0, 0.1) is 0 Å². The molecule has 0 aliphatic heterocycles. The minimum atomic E-state index is 0.697. The molecule has 0 saturated carbocycles. The Morgan fingerprint density at radius 2 is 1.90 bits per heavy atom. The topological polar surface area (TPSA) is 56.7 Å². The van der Waals surface area contributed by atoms with Crippen molar-refractivity contribution in [2.45, 2.75) is 6.54 Å². The van der Waals surface area contributed by atoms with Crippen LogP contribution in [0.3, 0.4) is 0 Å². The third-order valence-electron chi connectivity index (χ3n) is 2.98. The number of hydrogen-bond donors (Lipinski definition) is 1. The quantitative estimate of drug-likeness (QED) is 0.750. The Bertz CT molecular complexity index is 719. The second-order valence-corrected chi connectivity index (χ2v) is 5.47. The van der Waals surface area contributed by atoms with Crippen LogP contribution in [0.4, 0.5) is 5.69 Å². The first-order chi connectivity index (χ1) is 9.70. The first-order valence-electron chi connectivity index (χ1n) is 6.21. The maximum Gasteiger partial charge on any atom is 0.113 e. The van der Waals surface area contributed by atoms with E-state index >= 15 is 0 Å². The van der Waals surface area contributed by atoms with E-state index in [4.69, 9.17) is 5.73 Å². The minimum Gasteiger partial charge on any atom is -0.399 e. The van der Waals surface area contributed by atoms with Crippen molar-refractivity contribution < 1.29 is 0 Å². The van der Waals surface area contributed by atoms with Crippen LogP contribution < -0.4 is 5.73 Å². The highest BCUT2D eigenvalue weighted by Crippen LogP contribution is 2.19. The fourth-order valence-electron chi connectivity index (χ4n) is 1.98. The number of hydrogen-bond acceptors (Lipinski definition) is 3. The molecule has 3 aromatic rings. The molecule has 100 valence electrons. The summed E-state index contributed by atoms with van der Waals surface area (Å²) in [5.41, 5.74) is 9.49. The van der Waals surface area contributed by atoms with Gasteiger partial charge in [-0.05, 0) is 29.8 Å². The van der Waals surface area contributed by atoms with E-state index in [1.54, 1.807) is 0 Å². The van der Waals surface area contributed by atoms with E-state index in [0.717, 1.165) is 21.4 Å². The van der Waals surface area contributed by atoms with E-state index in [2.05, 4.69) is 38.4 Å². The predicted molar refractivity (Wildman–Crippen MR) is 83.1 cm³/mol. The van der Waals surface area contributed by atoms with E-state index < -0.39 is 0 Å². The SMILES string of the molecule is Nc1cccc(-c2cn(Cc3ccc(Br)cc3)nn2)c1. The Balaban J connectivity index is 1.82. The fourth-order valence-corrected chi connectivity index (χ4v) is 2.25. The summed E-state index contributed by atoms with van der Waals surface area (Å²) in [7, 11) is 0. The van der Waals surface area contributed by atoms with Gasteiger partial charge in [0, 0.05) is 15.7 Å². The number of nitrogen functional groups attached to an aromatic ring is 1. The molecule has 4 nitrogen and oxygen atoms in total. The average molecular weight is 329 g/mol. The standard InChI is InChI=1S/C15H13BrN4/c16-13-6-4-11(5-7-13)9-20-10-15(18-19-20)12-2-1-3-14(17)8-12/h1-8,10H,9,17H2. The van der Waals surface area contributed by atoms with E-state index in [1.807, 2.05) is 47.3 Å². The lowest BCUT2D eigenvalue weighted by Crippen LogP contribution is -1.99. The molecule has 0 aliphatic rings. The molecule has 0 atom stereocenters. The van der Waals surface area contributed by atoms with Crippen molar-refractivity contribution in [3.8, 4) is 11.3 Å². The van der Waals surface area contributed by atoms with Crippen molar-refractivity contribution in [1.82, 2.24) is 15.0 Å². The first-order valence-corrected chi connectivity index (χ1v) is 7.00. The molecule has 20 heavy (non-hydrogen) atoms. The number of anilines is 1. The van der Waals surface area contributed by atoms with E-state index in [1.165, 1.54) is 5.56 Å². The first kappa shape index (κ1) is 12.9. The highest BCUT2D eigenvalue weighted by Gasteiger charge is 2.04. The lowest BCUT2D eigenvalue weighted by atomic mass is 10.1. The minimum absolute atomic E-state index is 0.697. The van der Waals surface area contributed by atoms with Crippen molar-refractivity contribution in [2.75, 3.05) is 5.73 Å². The zero-order valence-electron chi connectivity index (χ0n) is 10.7. The van der Waals surface area contributed by atoms with Gasteiger partial charge in [0.2, 0.25) is 0 Å². The number of benzene rings is 2. The second-order valence-electron chi connectivity index (χ2n) is 4.55. The predicted octanol–water partition coefficient (Wildman–Crippen LogP) is 3.34. The van der Waals surface area contributed by atoms with Gasteiger partial charge in [0.1, 0.15) is 5.69 Å². The van der Waals surface area contributed by atoms with Crippen LogP contribution in [-0.4, -0.2) is 15.0 Å². The highest BCUT2D eigenvalue weighted by atomic mass is 79.9. The van der Waals surface area contributed by atoms with Crippen molar-refractivity contribution in [1.29, 1.82) is 0 Å². The van der Waals surface area contributed by atoms with Crippen LogP contribution in [0.15, 0.2) is 59.2 Å². The maximum absolute atomic E-state index is 5.78. The van der Waals surface area contributed by atoms with Crippen LogP contribution in [0.1, 0.15) is 5.56 Å². The van der Waals surface area contributed by atoms with Crippen LogP contribution in [0.5, 0.6) is 0 Å². The van der Waals surface area contributed by atoms with Gasteiger partial charge in [0.05, 0.1) is 12.7 Å². The van der Waals surface area contributed by atoms with Crippen molar-refractivity contribution in [3.63, 3.8) is 0 Å². The summed E-state index contributed by atoms with van der Waals surface area (Å²) in [5, 5.41) is 8.34. The molecule has 0 bridgehead atoms. The molecule has 1 aromatic heterocycles. The summed E-state index contributed by atoms with van der Waals surface area (Å²) in [4.78, 5) is 0.